The summed E-state index contributed by atoms with van der Waals surface area (Å²) in [5, 5.41) is 2.29. The van der Waals surface area contributed by atoms with Crippen LogP contribution in [0.3, 0.4) is 0 Å². The molecule has 7 aromatic carbocycles. The number of benzene rings is 7. The number of fused-ring (bicyclic) bond motifs is 6. The first-order valence-corrected chi connectivity index (χ1v) is 19.6. The van der Waals surface area contributed by atoms with Crippen molar-refractivity contribution < 1.29 is 4.42 Å². The number of hydrogen-bond donors (Lipinski definition) is 0. The number of para-hydroxylation sites is 2. The fourth-order valence-corrected chi connectivity index (χ4v) is 9.01. The van der Waals surface area contributed by atoms with Gasteiger partial charge in [0.2, 0.25) is 0 Å². The Kier molecular flexibility index (Phi) is 7.99. The van der Waals surface area contributed by atoms with Crippen LogP contribution in [0, 0.1) is 0 Å². The number of rotatable bonds is 5. The lowest BCUT2D eigenvalue weighted by Crippen LogP contribution is -2.28. The Morgan fingerprint density at radius 1 is 0.491 bits per heavy atom. The predicted octanol–water partition coefficient (Wildman–Crippen LogP) is 15.3. The van der Waals surface area contributed by atoms with Crippen LogP contribution >= 0.6 is 0 Å². The quantitative estimate of drug-likeness (QED) is 0.176. The molecule has 0 atom stereocenters. The standard InChI is InChI=1S/C53H49NO/c1-51(2,3)45-33-44-47(42-20-12-14-23-43(42)53(44,7)8)49(48(45)52(4,5)6)54(37-29-25-35(26-30-37)34-17-10-9-11-18-34)38-31-27-36(28-32-38)39-21-16-22-41-40-19-13-15-24-46(40)55-50(39)41/h9-33H,1-8H3. The summed E-state index contributed by atoms with van der Waals surface area (Å²) in [6, 6.07) is 55.4. The maximum Gasteiger partial charge on any atom is 0.143 e. The third kappa shape index (κ3) is 5.70. The fourth-order valence-electron chi connectivity index (χ4n) is 9.01. The summed E-state index contributed by atoms with van der Waals surface area (Å²) < 4.78 is 6.49. The molecule has 272 valence electrons. The zero-order valence-electron chi connectivity index (χ0n) is 33.3. The molecule has 1 aromatic heterocycles. The highest BCUT2D eigenvalue weighted by Crippen LogP contribution is 2.59. The topological polar surface area (TPSA) is 16.4 Å². The molecule has 1 heterocycles. The van der Waals surface area contributed by atoms with Crippen LogP contribution in [-0.4, -0.2) is 0 Å². The Morgan fingerprint density at radius 3 is 1.73 bits per heavy atom. The van der Waals surface area contributed by atoms with Gasteiger partial charge in [-0.1, -0.05) is 177 Å². The number of hydrogen-bond acceptors (Lipinski definition) is 2. The van der Waals surface area contributed by atoms with Crippen LogP contribution in [0.1, 0.15) is 77.6 Å². The van der Waals surface area contributed by atoms with Gasteiger partial charge in [-0.15, -0.1) is 0 Å². The van der Waals surface area contributed by atoms with Crippen molar-refractivity contribution >= 4 is 39.0 Å². The third-order valence-electron chi connectivity index (χ3n) is 11.7. The molecular formula is C53H49NO. The Balaban J connectivity index is 1.32. The van der Waals surface area contributed by atoms with Crippen LogP contribution in [0.15, 0.2) is 156 Å². The molecule has 2 nitrogen and oxygen atoms in total. The predicted molar refractivity (Wildman–Crippen MR) is 234 cm³/mol. The third-order valence-corrected chi connectivity index (χ3v) is 11.7. The van der Waals surface area contributed by atoms with Gasteiger partial charge in [-0.25, -0.2) is 0 Å². The summed E-state index contributed by atoms with van der Waals surface area (Å²) >= 11 is 0. The smallest absolute Gasteiger partial charge is 0.143 e. The van der Waals surface area contributed by atoms with Crippen LogP contribution < -0.4 is 4.90 Å². The Labute approximate surface area is 326 Å². The van der Waals surface area contributed by atoms with Crippen molar-refractivity contribution in [1.82, 2.24) is 0 Å². The summed E-state index contributed by atoms with van der Waals surface area (Å²) in [4.78, 5) is 2.55. The van der Waals surface area contributed by atoms with Crippen molar-refractivity contribution in [3.05, 3.63) is 174 Å². The molecule has 0 aliphatic heterocycles. The largest absolute Gasteiger partial charge is 0.455 e. The monoisotopic (exact) mass is 715 g/mol. The second-order valence-corrected chi connectivity index (χ2v) is 17.8. The van der Waals surface area contributed by atoms with Crippen LogP contribution in [-0.2, 0) is 16.2 Å². The summed E-state index contributed by atoms with van der Waals surface area (Å²) in [6.07, 6.45) is 0. The van der Waals surface area contributed by atoms with E-state index < -0.39 is 0 Å². The van der Waals surface area contributed by atoms with Gasteiger partial charge in [-0.05, 0) is 85.7 Å². The number of furan rings is 1. The molecule has 0 spiro atoms. The average molecular weight is 716 g/mol. The first kappa shape index (κ1) is 34.9. The van der Waals surface area contributed by atoms with Crippen molar-refractivity contribution in [3.63, 3.8) is 0 Å². The van der Waals surface area contributed by atoms with Crippen molar-refractivity contribution in [3.8, 4) is 33.4 Å². The molecule has 9 rings (SSSR count). The van der Waals surface area contributed by atoms with Gasteiger partial charge in [0, 0.05) is 38.7 Å². The maximum absolute atomic E-state index is 6.49. The second-order valence-electron chi connectivity index (χ2n) is 17.8. The summed E-state index contributed by atoms with van der Waals surface area (Å²) in [5.41, 5.74) is 17.8. The minimum atomic E-state index is -0.159. The van der Waals surface area contributed by atoms with Gasteiger partial charge in [0.25, 0.3) is 0 Å². The van der Waals surface area contributed by atoms with Gasteiger partial charge in [-0.2, -0.15) is 0 Å². The summed E-state index contributed by atoms with van der Waals surface area (Å²) in [7, 11) is 0. The van der Waals surface area contributed by atoms with E-state index in [2.05, 4.69) is 206 Å². The maximum atomic E-state index is 6.49. The van der Waals surface area contributed by atoms with Crippen molar-refractivity contribution in [2.45, 2.75) is 71.6 Å². The zero-order valence-corrected chi connectivity index (χ0v) is 33.3. The van der Waals surface area contributed by atoms with Gasteiger partial charge < -0.3 is 9.32 Å². The molecule has 0 unspecified atom stereocenters. The minimum Gasteiger partial charge on any atom is -0.455 e. The van der Waals surface area contributed by atoms with Crippen LogP contribution in [0.4, 0.5) is 17.1 Å². The summed E-state index contributed by atoms with van der Waals surface area (Å²) in [5.74, 6) is 0. The van der Waals surface area contributed by atoms with Crippen molar-refractivity contribution in [2.24, 2.45) is 0 Å². The van der Waals surface area contributed by atoms with Gasteiger partial charge >= 0.3 is 0 Å². The first-order valence-electron chi connectivity index (χ1n) is 19.6. The van der Waals surface area contributed by atoms with Crippen molar-refractivity contribution in [1.29, 1.82) is 0 Å². The molecule has 0 saturated heterocycles. The van der Waals surface area contributed by atoms with E-state index in [-0.39, 0.29) is 16.2 Å². The van der Waals surface area contributed by atoms with E-state index in [0.717, 1.165) is 44.4 Å². The molecule has 8 aromatic rings. The number of nitrogens with zero attached hydrogens (tertiary/aromatic N) is 1. The highest BCUT2D eigenvalue weighted by atomic mass is 16.3. The molecule has 0 radical (unpaired) electrons. The Morgan fingerprint density at radius 2 is 1.05 bits per heavy atom. The first-order chi connectivity index (χ1) is 26.3. The lowest BCUT2D eigenvalue weighted by atomic mass is 9.70. The van der Waals surface area contributed by atoms with Crippen LogP contribution in [0.2, 0.25) is 0 Å². The summed E-state index contributed by atoms with van der Waals surface area (Å²) in [6.45, 7) is 19.1. The van der Waals surface area contributed by atoms with E-state index in [9.17, 15) is 0 Å². The molecule has 0 amide bonds. The fraction of sp³-hybridized carbons (Fsp3) is 0.208. The van der Waals surface area contributed by atoms with E-state index in [1.54, 1.807) is 0 Å². The van der Waals surface area contributed by atoms with E-state index in [4.69, 9.17) is 4.42 Å². The Bertz CT molecular complexity index is 2720. The van der Waals surface area contributed by atoms with Crippen LogP contribution in [0.25, 0.3) is 55.3 Å². The number of anilines is 3. The molecule has 55 heavy (non-hydrogen) atoms. The van der Waals surface area contributed by atoms with Crippen LogP contribution in [0.5, 0.6) is 0 Å². The molecule has 2 heteroatoms. The normalized spacial score (nSPS) is 13.6. The lowest BCUT2D eigenvalue weighted by Gasteiger charge is -2.39. The van der Waals surface area contributed by atoms with Gasteiger partial charge in [0.1, 0.15) is 11.2 Å². The molecule has 1 aliphatic carbocycles. The molecule has 0 bridgehead atoms. The highest BCUT2D eigenvalue weighted by molar-refractivity contribution is 6.09. The van der Waals surface area contributed by atoms with E-state index in [1.807, 2.05) is 6.07 Å². The van der Waals surface area contributed by atoms with Crippen molar-refractivity contribution in [2.75, 3.05) is 4.90 Å². The highest BCUT2D eigenvalue weighted by Gasteiger charge is 2.43. The SMILES string of the molecule is CC(C)(C)c1cc2c(c(N(c3ccc(-c4ccccc4)cc3)c3ccc(-c4cccc5c4oc4ccccc45)cc3)c1C(C)(C)C)-c1ccccc1C2(C)C. The van der Waals surface area contributed by atoms with Gasteiger partial charge in [0.05, 0.1) is 5.69 Å². The molecule has 1 aliphatic rings. The van der Waals surface area contributed by atoms with E-state index in [1.165, 1.54) is 50.2 Å². The van der Waals surface area contributed by atoms with E-state index >= 15 is 0 Å². The van der Waals surface area contributed by atoms with Gasteiger partial charge in [-0.3, -0.25) is 0 Å². The average Bonchev–Trinajstić information content (AvgIpc) is 3.67. The van der Waals surface area contributed by atoms with Gasteiger partial charge in [0.15, 0.2) is 0 Å². The minimum absolute atomic E-state index is 0.0881. The zero-order chi connectivity index (χ0) is 38.3. The molecule has 0 saturated carbocycles. The second kappa shape index (κ2) is 12.6. The lowest BCUT2D eigenvalue weighted by molar-refractivity contribution is 0.528. The molecule has 0 fully saturated rings. The van der Waals surface area contributed by atoms with E-state index in [0.29, 0.717) is 0 Å². The molecular weight excluding hydrogens is 667 g/mol. The molecule has 0 N–H and O–H groups in total. The Hall–Kier alpha value is -5.86.